The van der Waals surface area contributed by atoms with Crippen molar-refractivity contribution in [2.24, 2.45) is 11.8 Å². The third-order valence-electron chi connectivity index (χ3n) is 7.90. The number of amides is 3. The minimum atomic E-state index is -4.83. The summed E-state index contributed by atoms with van der Waals surface area (Å²) in [6.45, 7) is 6.84. The molecule has 5 rings (SSSR count). The molecule has 0 aromatic heterocycles. The number of carbonyl (C=O) groups excluding carboxylic acids is 3. The van der Waals surface area contributed by atoms with Crippen molar-refractivity contribution < 1.29 is 41.8 Å². The number of halogens is 3. The molecule has 0 saturated carbocycles. The van der Waals surface area contributed by atoms with Crippen LogP contribution in [-0.2, 0) is 25.2 Å². The second-order valence-corrected chi connectivity index (χ2v) is 11.0. The van der Waals surface area contributed by atoms with E-state index in [1.165, 1.54) is 12.1 Å². The van der Waals surface area contributed by atoms with E-state index in [1.54, 1.807) is 45.0 Å². The second-order valence-electron chi connectivity index (χ2n) is 11.0. The van der Waals surface area contributed by atoms with Crippen LogP contribution in [0.3, 0.4) is 0 Å². The number of rotatable bonds is 7. The lowest BCUT2D eigenvalue weighted by Crippen LogP contribution is -2.58. The summed E-state index contributed by atoms with van der Waals surface area (Å²) < 4.78 is 57.8. The number of likely N-dealkylation sites (tertiary alicyclic amines) is 1. The fourth-order valence-electron chi connectivity index (χ4n) is 6.39. The van der Waals surface area contributed by atoms with E-state index in [-0.39, 0.29) is 12.3 Å². The second kappa shape index (κ2) is 10.6. The van der Waals surface area contributed by atoms with Crippen LogP contribution in [-0.4, -0.2) is 66.9 Å². The molecule has 0 spiro atoms. The summed E-state index contributed by atoms with van der Waals surface area (Å²) in [6.07, 6.45) is -5.38. The number of nitrogens with one attached hydrogen (secondary N) is 1. The van der Waals surface area contributed by atoms with E-state index in [9.17, 15) is 27.6 Å². The lowest BCUT2D eigenvalue weighted by molar-refractivity contribution is -0.169. The number of fused-ring (bicyclic) bond motifs is 5. The molecule has 0 aliphatic carbocycles. The highest BCUT2D eigenvalue weighted by Crippen LogP contribution is 2.55. The molecule has 3 amide bonds. The molecule has 3 saturated heterocycles. The van der Waals surface area contributed by atoms with Gasteiger partial charge in [0.25, 0.3) is 0 Å². The van der Waals surface area contributed by atoms with Gasteiger partial charge in [-0.05, 0) is 63.2 Å². The predicted molar refractivity (Wildman–Crippen MR) is 143 cm³/mol. The summed E-state index contributed by atoms with van der Waals surface area (Å²) in [5.74, 6) is -2.43. The standard InChI is InChI=1S/C29H29F3N4O6/c1-4-40-26(39)34-18-6-9-20(10-7-18)41-12-11-35-15-27(2)22-23(28(3,16-35)42-27)25(38)36(24(22)37)19-8-5-17(14-33)21(13-19)29(30,31)32/h5-10,13,22-23H,4,11-12,15-16H2,1-3H3,(H,34,39)/t22-,23?,27+,28-/m0/s1. The molecule has 2 bridgehead atoms. The molecule has 42 heavy (non-hydrogen) atoms. The Labute approximate surface area is 239 Å². The van der Waals surface area contributed by atoms with Crippen LogP contribution in [0.2, 0.25) is 0 Å². The van der Waals surface area contributed by atoms with E-state index >= 15 is 0 Å². The monoisotopic (exact) mass is 586 g/mol. The van der Waals surface area contributed by atoms with Crippen molar-refractivity contribution in [2.45, 2.75) is 38.1 Å². The summed E-state index contributed by atoms with van der Waals surface area (Å²) >= 11 is 0. The third kappa shape index (κ3) is 5.16. The number of nitrogens with zero attached hydrogens (tertiary/aromatic N) is 3. The van der Waals surface area contributed by atoms with E-state index in [4.69, 9.17) is 19.5 Å². The first kappa shape index (κ1) is 29.3. The van der Waals surface area contributed by atoms with Crippen LogP contribution >= 0.6 is 0 Å². The first-order valence-corrected chi connectivity index (χ1v) is 13.4. The Balaban J connectivity index is 1.27. The van der Waals surface area contributed by atoms with Gasteiger partial charge in [-0.1, -0.05) is 0 Å². The molecular weight excluding hydrogens is 557 g/mol. The predicted octanol–water partition coefficient (Wildman–Crippen LogP) is 4.19. The summed E-state index contributed by atoms with van der Waals surface area (Å²) in [5.41, 5.74) is -3.57. The SMILES string of the molecule is CCOC(=O)Nc1ccc(OCCN2C[C@@]3(C)O[C@@](C)(C2)C2C(=O)N(c4ccc(C#N)c(C(F)(F)F)c4)C(=O)[C@H]23)cc1. The molecule has 4 atom stereocenters. The van der Waals surface area contributed by atoms with Crippen molar-refractivity contribution in [3.05, 3.63) is 53.6 Å². The maximum atomic E-state index is 13.6. The minimum Gasteiger partial charge on any atom is -0.492 e. The number of hydrogen-bond acceptors (Lipinski definition) is 8. The van der Waals surface area contributed by atoms with Gasteiger partial charge >= 0.3 is 12.3 Å². The smallest absolute Gasteiger partial charge is 0.417 e. The average Bonchev–Trinajstić information content (AvgIpc) is 3.29. The molecule has 3 aliphatic heterocycles. The highest BCUT2D eigenvalue weighted by molar-refractivity contribution is 6.23. The number of anilines is 2. The molecule has 3 heterocycles. The van der Waals surface area contributed by atoms with Gasteiger partial charge in [0.15, 0.2) is 0 Å². The maximum absolute atomic E-state index is 13.6. The van der Waals surface area contributed by atoms with Crippen LogP contribution in [0.15, 0.2) is 42.5 Å². The molecule has 10 nitrogen and oxygen atoms in total. The van der Waals surface area contributed by atoms with Gasteiger partial charge in [-0.25, -0.2) is 9.69 Å². The Bertz CT molecular complexity index is 1420. The molecule has 1 unspecified atom stereocenters. The van der Waals surface area contributed by atoms with Crippen molar-refractivity contribution in [3.63, 3.8) is 0 Å². The quantitative estimate of drug-likeness (QED) is 0.480. The first-order valence-electron chi connectivity index (χ1n) is 13.4. The van der Waals surface area contributed by atoms with Crippen molar-refractivity contribution in [3.8, 4) is 11.8 Å². The zero-order valence-electron chi connectivity index (χ0n) is 23.2. The van der Waals surface area contributed by atoms with Gasteiger partial charge in [-0.15, -0.1) is 0 Å². The van der Waals surface area contributed by atoms with Crippen LogP contribution in [0.25, 0.3) is 0 Å². The minimum absolute atomic E-state index is 0.218. The third-order valence-corrected chi connectivity index (χ3v) is 7.90. The zero-order valence-corrected chi connectivity index (χ0v) is 23.2. The number of carbonyl (C=O) groups is 3. The van der Waals surface area contributed by atoms with Crippen molar-refractivity contribution in [2.75, 3.05) is 43.1 Å². The molecule has 2 aromatic rings. The summed E-state index contributed by atoms with van der Waals surface area (Å²) in [6, 6.07) is 11.1. The fraction of sp³-hybridized carbons (Fsp3) is 0.448. The van der Waals surface area contributed by atoms with E-state index in [1.807, 2.05) is 4.90 Å². The van der Waals surface area contributed by atoms with E-state index in [2.05, 4.69) is 5.32 Å². The Morgan fingerprint density at radius 3 is 2.26 bits per heavy atom. The van der Waals surface area contributed by atoms with Crippen LogP contribution in [0, 0.1) is 23.2 Å². The largest absolute Gasteiger partial charge is 0.492 e. The highest BCUT2D eigenvalue weighted by atomic mass is 19.4. The Morgan fingerprint density at radius 1 is 1.10 bits per heavy atom. The van der Waals surface area contributed by atoms with Crippen molar-refractivity contribution in [1.29, 1.82) is 5.26 Å². The number of alkyl halides is 3. The first-order chi connectivity index (χ1) is 19.8. The summed E-state index contributed by atoms with van der Waals surface area (Å²) in [5, 5.41) is 11.7. The van der Waals surface area contributed by atoms with E-state index in [0.29, 0.717) is 43.7 Å². The molecule has 13 heteroatoms. The van der Waals surface area contributed by atoms with Gasteiger partial charge in [-0.2, -0.15) is 18.4 Å². The lowest BCUT2D eigenvalue weighted by atomic mass is 9.79. The summed E-state index contributed by atoms with van der Waals surface area (Å²) in [7, 11) is 0. The topological polar surface area (TPSA) is 121 Å². The van der Waals surface area contributed by atoms with Crippen LogP contribution in [0.1, 0.15) is 31.9 Å². The Hall–Kier alpha value is -4.15. The van der Waals surface area contributed by atoms with Gasteiger partial charge < -0.3 is 14.2 Å². The number of benzene rings is 2. The number of ether oxygens (including phenoxy) is 3. The molecule has 3 aliphatic rings. The van der Waals surface area contributed by atoms with Gasteiger partial charge in [0, 0.05) is 25.3 Å². The van der Waals surface area contributed by atoms with Crippen LogP contribution < -0.4 is 15.0 Å². The van der Waals surface area contributed by atoms with Crippen LogP contribution in [0.5, 0.6) is 5.75 Å². The number of hydrogen-bond donors (Lipinski definition) is 1. The number of nitriles is 1. The lowest BCUT2D eigenvalue weighted by Gasteiger charge is -2.45. The molecular formula is C29H29F3N4O6. The Kier molecular flexibility index (Phi) is 7.40. The average molecular weight is 587 g/mol. The van der Waals surface area contributed by atoms with Gasteiger partial charge in [0.2, 0.25) is 11.8 Å². The fourth-order valence-corrected chi connectivity index (χ4v) is 6.39. The molecule has 222 valence electrons. The van der Waals surface area contributed by atoms with Gasteiger partial charge in [-0.3, -0.25) is 19.8 Å². The molecule has 2 aromatic carbocycles. The Morgan fingerprint density at radius 2 is 1.71 bits per heavy atom. The van der Waals surface area contributed by atoms with Crippen molar-refractivity contribution in [1.82, 2.24) is 4.90 Å². The van der Waals surface area contributed by atoms with Crippen LogP contribution in [0.4, 0.5) is 29.3 Å². The maximum Gasteiger partial charge on any atom is 0.417 e. The zero-order chi connectivity index (χ0) is 30.4. The highest BCUT2D eigenvalue weighted by Gasteiger charge is 2.71. The van der Waals surface area contributed by atoms with Gasteiger partial charge in [0.05, 0.1) is 52.5 Å². The van der Waals surface area contributed by atoms with E-state index < -0.39 is 58.2 Å². The molecule has 3 fully saturated rings. The molecule has 1 N–H and O–H groups in total. The van der Waals surface area contributed by atoms with E-state index in [0.717, 1.165) is 11.0 Å². The number of morpholine rings is 1. The van der Waals surface area contributed by atoms with Crippen molar-refractivity contribution >= 4 is 29.3 Å². The van der Waals surface area contributed by atoms with Gasteiger partial charge in [0.1, 0.15) is 12.4 Å². The normalized spacial score (nSPS) is 27.0. The molecule has 0 radical (unpaired) electrons. The number of imide groups is 1. The summed E-state index contributed by atoms with van der Waals surface area (Å²) in [4.78, 5) is 41.7.